The molecule has 0 heterocycles. The normalized spacial score (nSPS) is 27.4. The molecule has 0 radical (unpaired) electrons. The lowest BCUT2D eigenvalue weighted by molar-refractivity contribution is 0.384. The zero-order chi connectivity index (χ0) is 10.4. The fraction of sp³-hybridized carbons (Fsp3) is 1.00. The van der Waals surface area contributed by atoms with Crippen LogP contribution in [0.3, 0.4) is 0 Å². The third kappa shape index (κ3) is 4.43. The Kier molecular flexibility index (Phi) is 5.49. The van der Waals surface area contributed by atoms with Crippen LogP contribution in [0.2, 0.25) is 0 Å². The lowest BCUT2D eigenvalue weighted by atomic mass is 10.1. The SMILES string of the molecule is CCC1CCC(NCCCN(C)C)C1. The van der Waals surface area contributed by atoms with Crippen molar-refractivity contribution in [2.75, 3.05) is 27.2 Å². The predicted molar refractivity (Wildman–Crippen MR) is 62.6 cm³/mol. The standard InChI is InChI=1S/C12H26N2/c1-4-11-6-7-12(10-11)13-8-5-9-14(2)3/h11-13H,4-10H2,1-3H3. The second kappa shape index (κ2) is 6.41. The minimum Gasteiger partial charge on any atom is -0.314 e. The van der Waals surface area contributed by atoms with Crippen molar-refractivity contribution in [1.82, 2.24) is 10.2 Å². The minimum absolute atomic E-state index is 0.821. The van der Waals surface area contributed by atoms with Crippen molar-refractivity contribution in [3.63, 3.8) is 0 Å². The average molecular weight is 198 g/mol. The third-order valence-corrected chi connectivity index (χ3v) is 3.33. The summed E-state index contributed by atoms with van der Waals surface area (Å²) >= 11 is 0. The Hall–Kier alpha value is -0.0800. The smallest absolute Gasteiger partial charge is 0.00698 e. The van der Waals surface area contributed by atoms with Crippen molar-refractivity contribution in [2.45, 2.75) is 45.1 Å². The van der Waals surface area contributed by atoms with Crippen LogP contribution in [0.25, 0.3) is 0 Å². The monoisotopic (exact) mass is 198 g/mol. The second-order valence-corrected chi connectivity index (χ2v) is 4.90. The molecule has 1 fully saturated rings. The molecule has 2 unspecified atom stereocenters. The molecular formula is C12H26N2. The molecule has 2 nitrogen and oxygen atoms in total. The quantitative estimate of drug-likeness (QED) is 0.658. The van der Waals surface area contributed by atoms with Gasteiger partial charge in [-0.25, -0.2) is 0 Å². The van der Waals surface area contributed by atoms with E-state index in [1.165, 1.54) is 45.2 Å². The third-order valence-electron chi connectivity index (χ3n) is 3.33. The maximum atomic E-state index is 3.67. The Morgan fingerprint density at radius 3 is 2.64 bits per heavy atom. The van der Waals surface area contributed by atoms with Crippen LogP contribution in [-0.4, -0.2) is 38.1 Å². The highest BCUT2D eigenvalue weighted by Gasteiger charge is 2.22. The van der Waals surface area contributed by atoms with Gasteiger partial charge in [0, 0.05) is 6.04 Å². The van der Waals surface area contributed by atoms with Crippen LogP contribution in [-0.2, 0) is 0 Å². The molecule has 0 spiro atoms. The Morgan fingerprint density at radius 2 is 2.07 bits per heavy atom. The van der Waals surface area contributed by atoms with Gasteiger partial charge in [-0.2, -0.15) is 0 Å². The summed E-state index contributed by atoms with van der Waals surface area (Å²) in [6.07, 6.45) is 6.91. The van der Waals surface area contributed by atoms with Crippen LogP contribution in [0.15, 0.2) is 0 Å². The Balaban J connectivity index is 1.97. The largest absolute Gasteiger partial charge is 0.314 e. The molecule has 0 aliphatic heterocycles. The van der Waals surface area contributed by atoms with Crippen LogP contribution >= 0.6 is 0 Å². The van der Waals surface area contributed by atoms with E-state index in [0.29, 0.717) is 0 Å². The number of hydrogen-bond acceptors (Lipinski definition) is 2. The summed E-state index contributed by atoms with van der Waals surface area (Å²) in [4.78, 5) is 2.26. The van der Waals surface area contributed by atoms with Crippen molar-refractivity contribution in [3.8, 4) is 0 Å². The summed E-state index contributed by atoms with van der Waals surface area (Å²) in [6, 6.07) is 0.821. The van der Waals surface area contributed by atoms with E-state index in [2.05, 4.69) is 31.2 Å². The molecule has 1 saturated carbocycles. The van der Waals surface area contributed by atoms with Gasteiger partial charge in [-0.15, -0.1) is 0 Å². The number of nitrogens with zero attached hydrogens (tertiary/aromatic N) is 1. The molecule has 1 aliphatic carbocycles. The summed E-state index contributed by atoms with van der Waals surface area (Å²) in [6.45, 7) is 4.72. The zero-order valence-corrected chi connectivity index (χ0v) is 10.1. The lowest BCUT2D eigenvalue weighted by Crippen LogP contribution is -2.29. The van der Waals surface area contributed by atoms with Crippen molar-refractivity contribution >= 4 is 0 Å². The van der Waals surface area contributed by atoms with Gasteiger partial charge in [0.05, 0.1) is 0 Å². The highest BCUT2D eigenvalue weighted by Crippen LogP contribution is 2.27. The summed E-state index contributed by atoms with van der Waals surface area (Å²) in [5, 5.41) is 3.67. The van der Waals surface area contributed by atoms with E-state index in [1.807, 2.05) is 0 Å². The summed E-state index contributed by atoms with van der Waals surface area (Å²) in [5.74, 6) is 1.00. The minimum atomic E-state index is 0.821. The predicted octanol–water partition coefficient (Wildman–Crippen LogP) is 2.11. The van der Waals surface area contributed by atoms with Gasteiger partial charge in [0.15, 0.2) is 0 Å². The number of nitrogens with one attached hydrogen (secondary N) is 1. The first-order valence-corrected chi connectivity index (χ1v) is 6.10. The number of rotatable bonds is 6. The first-order valence-electron chi connectivity index (χ1n) is 6.10. The average Bonchev–Trinajstić information content (AvgIpc) is 2.60. The maximum absolute atomic E-state index is 3.67. The van der Waals surface area contributed by atoms with Gasteiger partial charge in [-0.05, 0) is 58.8 Å². The highest BCUT2D eigenvalue weighted by molar-refractivity contribution is 4.79. The first-order chi connectivity index (χ1) is 6.72. The molecule has 0 amide bonds. The molecule has 84 valence electrons. The number of hydrogen-bond donors (Lipinski definition) is 1. The van der Waals surface area contributed by atoms with Crippen LogP contribution in [0.4, 0.5) is 0 Å². The van der Waals surface area contributed by atoms with Gasteiger partial charge in [-0.1, -0.05) is 13.3 Å². The van der Waals surface area contributed by atoms with Gasteiger partial charge < -0.3 is 10.2 Å². The van der Waals surface area contributed by atoms with E-state index in [4.69, 9.17) is 0 Å². The van der Waals surface area contributed by atoms with E-state index in [1.54, 1.807) is 0 Å². The van der Waals surface area contributed by atoms with E-state index in [-0.39, 0.29) is 0 Å². The Labute approximate surface area is 89.1 Å². The van der Waals surface area contributed by atoms with Gasteiger partial charge in [0.25, 0.3) is 0 Å². The molecule has 2 heteroatoms. The van der Waals surface area contributed by atoms with Crippen LogP contribution in [0.5, 0.6) is 0 Å². The molecule has 1 N–H and O–H groups in total. The molecule has 0 aromatic rings. The molecular weight excluding hydrogens is 172 g/mol. The van der Waals surface area contributed by atoms with Crippen molar-refractivity contribution in [1.29, 1.82) is 0 Å². The second-order valence-electron chi connectivity index (χ2n) is 4.90. The maximum Gasteiger partial charge on any atom is 0.00698 e. The fourth-order valence-corrected chi connectivity index (χ4v) is 2.33. The fourth-order valence-electron chi connectivity index (χ4n) is 2.33. The first kappa shape index (κ1) is 12.0. The van der Waals surface area contributed by atoms with Gasteiger partial charge in [0.2, 0.25) is 0 Å². The Morgan fingerprint density at radius 1 is 1.29 bits per heavy atom. The van der Waals surface area contributed by atoms with Crippen LogP contribution < -0.4 is 5.32 Å². The highest BCUT2D eigenvalue weighted by atomic mass is 15.1. The van der Waals surface area contributed by atoms with Crippen molar-refractivity contribution in [3.05, 3.63) is 0 Å². The summed E-state index contributed by atoms with van der Waals surface area (Å²) in [7, 11) is 4.28. The van der Waals surface area contributed by atoms with E-state index < -0.39 is 0 Å². The molecule has 1 aliphatic rings. The topological polar surface area (TPSA) is 15.3 Å². The van der Waals surface area contributed by atoms with E-state index in [9.17, 15) is 0 Å². The van der Waals surface area contributed by atoms with Gasteiger partial charge in [-0.3, -0.25) is 0 Å². The summed E-state index contributed by atoms with van der Waals surface area (Å²) in [5.41, 5.74) is 0. The molecule has 14 heavy (non-hydrogen) atoms. The molecule has 1 rings (SSSR count). The van der Waals surface area contributed by atoms with Crippen molar-refractivity contribution < 1.29 is 0 Å². The van der Waals surface area contributed by atoms with E-state index in [0.717, 1.165) is 12.0 Å². The van der Waals surface area contributed by atoms with E-state index >= 15 is 0 Å². The molecule has 0 aromatic heterocycles. The molecule has 2 atom stereocenters. The van der Waals surface area contributed by atoms with Crippen LogP contribution in [0, 0.1) is 5.92 Å². The zero-order valence-electron chi connectivity index (χ0n) is 10.1. The Bertz CT molecular complexity index is 145. The van der Waals surface area contributed by atoms with Gasteiger partial charge in [0.1, 0.15) is 0 Å². The lowest BCUT2D eigenvalue weighted by Gasteiger charge is -2.14. The van der Waals surface area contributed by atoms with Crippen molar-refractivity contribution in [2.24, 2.45) is 5.92 Å². The molecule has 0 aromatic carbocycles. The van der Waals surface area contributed by atoms with Gasteiger partial charge >= 0.3 is 0 Å². The van der Waals surface area contributed by atoms with Crippen LogP contribution in [0.1, 0.15) is 39.0 Å². The summed E-state index contributed by atoms with van der Waals surface area (Å²) < 4.78 is 0. The molecule has 0 bridgehead atoms. The molecule has 0 saturated heterocycles.